The Morgan fingerprint density at radius 2 is 2.05 bits per heavy atom. The van der Waals surface area contributed by atoms with Crippen LogP contribution in [0.5, 0.6) is 0 Å². The van der Waals surface area contributed by atoms with Crippen molar-refractivity contribution in [3.63, 3.8) is 0 Å². The van der Waals surface area contributed by atoms with Gasteiger partial charge in [0.15, 0.2) is 0 Å². The van der Waals surface area contributed by atoms with E-state index in [0.717, 1.165) is 23.1 Å². The average Bonchev–Trinajstić information content (AvgIpc) is 2.74. The molecule has 114 valence electrons. The summed E-state index contributed by atoms with van der Waals surface area (Å²) >= 11 is 0. The average molecular weight is 299 g/mol. The first kappa shape index (κ1) is 15.3. The van der Waals surface area contributed by atoms with Crippen molar-refractivity contribution in [3.05, 3.63) is 40.9 Å². The Hall–Kier alpha value is -2.05. The summed E-state index contributed by atoms with van der Waals surface area (Å²) in [7, 11) is 0. The molecule has 21 heavy (non-hydrogen) atoms. The van der Waals surface area contributed by atoms with Crippen LogP contribution in [0.15, 0.2) is 22.9 Å². The smallest absolute Gasteiger partial charge is 0.370 e. The molecule has 0 atom stereocenters. The van der Waals surface area contributed by atoms with Crippen molar-refractivity contribution < 1.29 is 17.7 Å². The molecule has 7 heteroatoms. The van der Waals surface area contributed by atoms with Gasteiger partial charge in [0.1, 0.15) is 11.6 Å². The van der Waals surface area contributed by atoms with Gasteiger partial charge in [0.05, 0.1) is 11.3 Å². The Kier molecular flexibility index (Phi) is 4.50. The molecule has 0 aliphatic rings. The lowest BCUT2D eigenvalue weighted by Gasteiger charge is -2.12. The fourth-order valence-corrected chi connectivity index (χ4v) is 2.11. The van der Waals surface area contributed by atoms with E-state index in [9.17, 15) is 13.2 Å². The van der Waals surface area contributed by atoms with Crippen LogP contribution in [-0.2, 0) is 12.6 Å². The minimum absolute atomic E-state index is 0.135. The maximum atomic E-state index is 12.8. The van der Waals surface area contributed by atoms with E-state index >= 15 is 0 Å². The van der Waals surface area contributed by atoms with Crippen molar-refractivity contribution in [2.75, 3.05) is 11.9 Å². The monoisotopic (exact) mass is 299 g/mol. The largest absolute Gasteiger partial charge is 0.419 e. The zero-order valence-corrected chi connectivity index (χ0v) is 11.8. The Labute approximate surface area is 120 Å². The number of nitrogens with zero attached hydrogens (tertiary/aromatic N) is 2. The van der Waals surface area contributed by atoms with Gasteiger partial charge in [0.2, 0.25) is 0 Å². The second-order valence-electron chi connectivity index (χ2n) is 4.73. The number of nitrogens with one attached hydrogen (secondary N) is 1. The fraction of sp³-hybridized carbons (Fsp3) is 0.429. The summed E-state index contributed by atoms with van der Waals surface area (Å²) in [4.78, 5) is 3.75. The highest BCUT2D eigenvalue weighted by atomic mass is 19.4. The van der Waals surface area contributed by atoms with Gasteiger partial charge in [-0.25, -0.2) is 4.98 Å². The van der Waals surface area contributed by atoms with Crippen molar-refractivity contribution in [2.24, 2.45) is 0 Å². The van der Waals surface area contributed by atoms with Crippen molar-refractivity contribution in [1.82, 2.24) is 10.1 Å². The molecular weight excluding hydrogens is 283 g/mol. The zero-order valence-electron chi connectivity index (χ0n) is 11.8. The molecule has 0 spiro atoms. The normalized spacial score (nSPS) is 11.7. The summed E-state index contributed by atoms with van der Waals surface area (Å²) in [5.41, 5.74) is 1.08. The van der Waals surface area contributed by atoms with Crippen LogP contribution in [0.1, 0.15) is 29.0 Å². The lowest BCUT2D eigenvalue weighted by molar-refractivity contribution is -0.137. The molecule has 4 nitrogen and oxygen atoms in total. The predicted molar refractivity (Wildman–Crippen MR) is 72.0 cm³/mol. The Bertz CT molecular complexity index is 588. The second-order valence-corrected chi connectivity index (χ2v) is 4.73. The highest BCUT2D eigenvalue weighted by molar-refractivity contribution is 5.45. The van der Waals surface area contributed by atoms with E-state index in [-0.39, 0.29) is 5.82 Å². The summed E-state index contributed by atoms with van der Waals surface area (Å²) in [5.74, 6) is 0.616. The molecule has 0 amide bonds. The van der Waals surface area contributed by atoms with E-state index < -0.39 is 11.7 Å². The molecule has 2 aromatic heterocycles. The van der Waals surface area contributed by atoms with Crippen LogP contribution in [0.2, 0.25) is 0 Å². The zero-order chi connectivity index (χ0) is 15.5. The SMILES string of the molecule is Cc1noc(C)c1CCCNc1ncccc1C(F)(F)F. The minimum atomic E-state index is -4.40. The first-order chi connectivity index (χ1) is 9.89. The van der Waals surface area contributed by atoms with Crippen molar-refractivity contribution in [1.29, 1.82) is 0 Å². The van der Waals surface area contributed by atoms with Gasteiger partial charge in [-0.05, 0) is 38.8 Å². The van der Waals surface area contributed by atoms with Crippen LogP contribution in [-0.4, -0.2) is 16.7 Å². The Morgan fingerprint density at radius 1 is 1.29 bits per heavy atom. The van der Waals surface area contributed by atoms with Crippen molar-refractivity contribution in [3.8, 4) is 0 Å². The molecule has 2 heterocycles. The molecule has 0 aliphatic carbocycles. The van der Waals surface area contributed by atoms with Gasteiger partial charge in [0, 0.05) is 18.3 Å². The van der Waals surface area contributed by atoms with Gasteiger partial charge in [-0.15, -0.1) is 0 Å². The number of pyridine rings is 1. The molecule has 0 unspecified atom stereocenters. The van der Waals surface area contributed by atoms with Gasteiger partial charge in [-0.2, -0.15) is 13.2 Å². The maximum absolute atomic E-state index is 12.8. The summed E-state index contributed by atoms with van der Waals surface area (Å²) in [6, 6.07) is 2.29. The molecule has 0 saturated heterocycles. The van der Waals surface area contributed by atoms with Crippen LogP contribution in [0.3, 0.4) is 0 Å². The molecule has 0 aliphatic heterocycles. The number of hydrogen-bond donors (Lipinski definition) is 1. The third-order valence-corrected chi connectivity index (χ3v) is 3.19. The van der Waals surface area contributed by atoms with Gasteiger partial charge in [0.25, 0.3) is 0 Å². The lowest BCUT2D eigenvalue weighted by Crippen LogP contribution is -2.13. The summed E-state index contributed by atoms with van der Waals surface area (Å²) in [6.07, 6.45) is -1.71. The highest BCUT2D eigenvalue weighted by Gasteiger charge is 2.33. The quantitative estimate of drug-likeness (QED) is 0.854. The topological polar surface area (TPSA) is 51.0 Å². The van der Waals surface area contributed by atoms with E-state index in [1.165, 1.54) is 12.3 Å². The molecule has 0 aromatic carbocycles. The predicted octanol–water partition coefficient (Wildman–Crippen LogP) is 3.75. The number of hydrogen-bond acceptors (Lipinski definition) is 4. The van der Waals surface area contributed by atoms with Gasteiger partial charge >= 0.3 is 6.18 Å². The first-order valence-electron chi connectivity index (χ1n) is 6.57. The Balaban J connectivity index is 1.93. The molecular formula is C14H16F3N3O. The second kappa shape index (κ2) is 6.15. The first-order valence-corrected chi connectivity index (χ1v) is 6.57. The van der Waals surface area contributed by atoms with E-state index in [2.05, 4.69) is 15.5 Å². The standard InChI is InChI=1S/C14H16F3N3O/c1-9-11(10(2)21-20-9)5-3-7-18-13-12(14(15,16)17)6-4-8-19-13/h4,6,8H,3,5,7H2,1-2H3,(H,18,19). The van der Waals surface area contributed by atoms with Crippen LogP contribution >= 0.6 is 0 Å². The van der Waals surface area contributed by atoms with Crippen molar-refractivity contribution >= 4 is 5.82 Å². The molecule has 0 bridgehead atoms. The molecule has 0 saturated carbocycles. The lowest BCUT2D eigenvalue weighted by atomic mass is 10.1. The van der Waals surface area contributed by atoms with Crippen LogP contribution in [0, 0.1) is 13.8 Å². The van der Waals surface area contributed by atoms with E-state index in [0.29, 0.717) is 19.4 Å². The minimum Gasteiger partial charge on any atom is -0.370 e. The van der Waals surface area contributed by atoms with E-state index in [1.54, 1.807) is 0 Å². The number of aromatic nitrogens is 2. The van der Waals surface area contributed by atoms with Crippen LogP contribution in [0.4, 0.5) is 19.0 Å². The molecule has 1 N–H and O–H groups in total. The number of halogens is 3. The molecule has 0 radical (unpaired) electrons. The number of rotatable bonds is 5. The van der Waals surface area contributed by atoms with Gasteiger partial charge in [-0.1, -0.05) is 5.16 Å². The van der Waals surface area contributed by atoms with E-state index in [4.69, 9.17) is 4.52 Å². The van der Waals surface area contributed by atoms with Gasteiger partial charge in [-0.3, -0.25) is 0 Å². The number of anilines is 1. The van der Waals surface area contributed by atoms with Crippen LogP contribution in [0.25, 0.3) is 0 Å². The molecule has 2 aromatic rings. The molecule has 0 fully saturated rings. The summed E-state index contributed by atoms with van der Waals surface area (Å²) < 4.78 is 43.4. The van der Waals surface area contributed by atoms with E-state index in [1.807, 2.05) is 13.8 Å². The Morgan fingerprint density at radius 3 is 2.67 bits per heavy atom. The fourth-order valence-electron chi connectivity index (χ4n) is 2.11. The third-order valence-electron chi connectivity index (χ3n) is 3.19. The van der Waals surface area contributed by atoms with Gasteiger partial charge < -0.3 is 9.84 Å². The summed E-state index contributed by atoms with van der Waals surface area (Å²) in [5, 5.41) is 6.58. The summed E-state index contributed by atoms with van der Waals surface area (Å²) in [6.45, 7) is 4.06. The van der Waals surface area contributed by atoms with Crippen LogP contribution < -0.4 is 5.32 Å². The highest BCUT2D eigenvalue weighted by Crippen LogP contribution is 2.33. The maximum Gasteiger partial charge on any atom is 0.419 e. The number of aryl methyl sites for hydroxylation is 2. The number of alkyl halides is 3. The molecule has 2 rings (SSSR count). The van der Waals surface area contributed by atoms with Crippen molar-refractivity contribution in [2.45, 2.75) is 32.9 Å². The third kappa shape index (κ3) is 3.74.